The summed E-state index contributed by atoms with van der Waals surface area (Å²) in [6.07, 6.45) is 2.85. The molecule has 0 unspecified atom stereocenters. The minimum atomic E-state index is -0.366. The summed E-state index contributed by atoms with van der Waals surface area (Å²) >= 11 is 0. The van der Waals surface area contributed by atoms with Crippen LogP contribution in [0.1, 0.15) is 39.3 Å². The zero-order valence-electron chi connectivity index (χ0n) is 17.5. The molecule has 2 aromatic carbocycles. The van der Waals surface area contributed by atoms with Crippen LogP contribution in [0.25, 0.3) is 5.69 Å². The molecule has 2 N–H and O–H groups in total. The summed E-state index contributed by atoms with van der Waals surface area (Å²) in [6, 6.07) is 14.0. The molecule has 7 heteroatoms. The van der Waals surface area contributed by atoms with Gasteiger partial charge in [-0.15, -0.1) is 0 Å². The van der Waals surface area contributed by atoms with E-state index in [0.717, 1.165) is 41.8 Å². The summed E-state index contributed by atoms with van der Waals surface area (Å²) in [6.45, 7) is 2.62. The highest BCUT2D eigenvalue weighted by molar-refractivity contribution is 5.94. The average Bonchev–Trinajstić information content (AvgIpc) is 3.34. The van der Waals surface area contributed by atoms with E-state index in [9.17, 15) is 14.0 Å². The van der Waals surface area contributed by atoms with Gasteiger partial charge in [-0.3, -0.25) is 9.59 Å². The van der Waals surface area contributed by atoms with Gasteiger partial charge in [0.1, 0.15) is 5.82 Å². The standard InChI is InChI=1S/C24H25FN4O2/c1-16-6-2-3-10-20(16)29-21-11-5-9-19(21)23(28-29)24(31)27-13-12-26-22(30)15-17-7-4-8-18(25)14-17/h2-4,6-8,10,14H,5,9,11-13,15H2,1H3,(H,26,30)(H,27,31). The van der Waals surface area contributed by atoms with Crippen LogP contribution in [-0.4, -0.2) is 34.7 Å². The third-order valence-corrected chi connectivity index (χ3v) is 5.48. The molecule has 160 valence electrons. The van der Waals surface area contributed by atoms with Crippen LogP contribution in [0.4, 0.5) is 4.39 Å². The topological polar surface area (TPSA) is 76.0 Å². The smallest absolute Gasteiger partial charge is 0.272 e. The number of carbonyl (C=O) groups is 2. The Hall–Kier alpha value is -3.48. The van der Waals surface area contributed by atoms with E-state index in [2.05, 4.69) is 15.7 Å². The van der Waals surface area contributed by atoms with Crippen LogP contribution in [0, 0.1) is 12.7 Å². The third kappa shape index (κ3) is 4.66. The Kier molecular flexibility index (Phi) is 6.11. The first-order chi connectivity index (χ1) is 15.0. The predicted molar refractivity (Wildman–Crippen MR) is 116 cm³/mol. The van der Waals surface area contributed by atoms with E-state index < -0.39 is 0 Å². The quantitative estimate of drug-likeness (QED) is 0.577. The second-order valence-electron chi connectivity index (χ2n) is 7.74. The van der Waals surface area contributed by atoms with E-state index in [1.54, 1.807) is 12.1 Å². The Balaban J connectivity index is 1.35. The van der Waals surface area contributed by atoms with E-state index in [1.807, 2.05) is 35.9 Å². The highest BCUT2D eigenvalue weighted by atomic mass is 19.1. The molecule has 0 saturated heterocycles. The van der Waals surface area contributed by atoms with Crippen molar-refractivity contribution in [3.8, 4) is 5.69 Å². The Bertz CT molecular complexity index is 1120. The molecule has 3 aromatic rings. The van der Waals surface area contributed by atoms with Crippen molar-refractivity contribution >= 4 is 11.8 Å². The number of nitrogens with zero attached hydrogens (tertiary/aromatic N) is 2. The first kappa shape index (κ1) is 20.8. The van der Waals surface area contributed by atoms with Crippen molar-refractivity contribution in [1.82, 2.24) is 20.4 Å². The Morgan fingerprint density at radius 2 is 1.87 bits per heavy atom. The van der Waals surface area contributed by atoms with Crippen LogP contribution < -0.4 is 10.6 Å². The fourth-order valence-electron chi connectivity index (χ4n) is 3.98. The maximum Gasteiger partial charge on any atom is 0.272 e. The van der Waals surface area contributed by atoms with Crippen molar-refractivity contribution in [2.75, 3.05) is 13.1 Å². The molecule has 0 aliphatic heterocycles. The molecular weight excluding hydrogens is 395 g/mol. The second kappa shape index (κ2) is 9.12. The van der Waals surface area contributed by atoms with Gasteiger partial charge in [0.2, 0.25) is 5.91 Å². The van der Waals surface area contributed by atoms with Crippen LogP contribution in [0.3, 0.4) is 0 Å². The highest BCUT2D eigenvalue weighted by Gasteiger charge is 2.27. The first-order valence-electron chi connectivity index (χ1n) is 10.5. The fraction of sp³-hybridized carbons (Fsp3) is 0.292. The van der Waals surface area contributed by atoms with Gasteiger partial charge in [-0.1, -0.05) is 30.3 Å². The number of para-hydroxylation sites is 1. The molecular formula is C24H25FN4O2. The number of carbonyl (C=O) groups excluding carboxylic acids is 2. The summed E-state index contributed by atoms with van der Waals surface area (Å²) in [5.41, 5.74) is 5.27. The lowest BCUT2D eigenvalue weighted by Gasteiger charge is -2.08. The van der Waals surface area contributed by atoms with E-state index in [0.29, 0.717) is 24.3 Å². The van der Waals surface area contributed by atoms with Crippen molar-refractivity contribution in [2.24, 2.45) is 0 Å². The number of nitrogens with one attached hydrogen (secondary N) is 2. The number of hydrogen-bond donors (Lipinski definition) is 2. The molecule has 0 atom stereocenters. The highest BCUT2D eigenvalue weighted by Crippen LogP contribution is 2.28. The molecule has 0 radical (unpaired) electrons. The van der Waals surface area contributed by atoms with Crippen molar-refractivity contribution in [3.63, 3.8) is 0 Å². The lowest BCUT2D eigenvalue weighted by molar-refractivity contribution is -0.120. The first-order valence-corrected chi connectivity index (χ1v) is 10.5. The van der Waals surface area contributed by atoms with E-state index in [1.165, 1.54) is 12.1 Å². The molecule has 0 fully saturated rings. The van der Waals surface area contributed by atoms with E-state index in [-0.39, 0.29) is 24.1 Å². The van der Waals surface area contributed by atoms with Gasteiger partial charge < -0.3 is 10.6 Å². The van der Waals surface area contributed by atoms with Crippen molar-refractivity contribution in [2.45, 2.75) is 32.6 Å². The predicted octanol–water partition coefficient (Wildman–Crippen LogP) is 2.90. The van der Waals surface area contributed by atoms with Gasteiger partial charge in [0, 0.05) is 24.3 Å². The molecule has 1 aromatic heterocycles. The number of aromatic nitrogens is 2. The minimum absolute atomic E-state index is 0.0973. The Labute approximate surface area is 180 Å². The Morgan fingerprint density at radius 1 is 1.06 bits per heavy atom. The lowest BCUT2D eigenvalue weighted by Crippen LogP contribution is -2.35. The summed E-state index contributed by atoms with van der Waals surface area (Å²) in [5, 5.41) is 10.2. The van der Waals surface area contributed by atoms with Gasteiger partial charge in [0.25, 0.3) is 5.91 Å². The molecule has 4 rings (SSSR count). The van der Waals surface area contributed by atoms with E-state index >= 15 is 0 Å². The monoisotopic (exact) mass is 420 g/mol. The summed E-state index contributed by atoms with van der Waals surface area (Å²) in [7, 11) is 0. The van der Waals surface area contributed by atoms with Gasteiger partial charge in [0.15, 0.2) is 5.69 Å². The summed E-state index contributed by atoms with van der Waals surface area (Å²) in [4.78, 5) is 24.8. The molecule has 6 nitrogen and oxygen atoms in total. The molecule has 1 aliphatic rings. The molecule has 1 aliphatic carbocycles. The zero-order valence-corrected chi connectivity index (χ0v) is 17.5. The Morgan fingerprint density at radius 3 is 2.68 bits per heavy atom. The summed E-state index contributed by atoms with van der Waals surface area (Å²) in [5.74, 6) is -0.815. The molecule has 31 heavy (non-hydrogen) atoms. The lowest BCUT2D eigenvalue weighted by atomic mass is 10.1. The SMILES string of the molecule is Cc1ccccc1-n1nc(C(=O)NCCNC(=O)Cc2cccc(F)c2)c2c1CCC2. The molecule has 0 saturated carbocycles. The van der Waals surface area contributed by atoms with Crippen molar-refractivity contribution in [1.29, 1.82) is 0 Å². The third-order valence-electron chi connectivity index (χ3n) is 5.48. The van der Waals surface area contributed by atoms with Crippen LogP contribution in [-0.2, 0) is 24.1 Å². The number of rotatable bonds is 7. The average molecular weight is 420 g/mol. The molecule has 0 spiro atoms. The number of fused-ring (bicyclic) bond motifs is 1. The number of halogens is 1. The van der Waals surface area contributed by atoms with Crippen LogP contribution in [0.15, 0.2) is 48.5 Å². The van der Waals surface area contributed by atoms with Gasteiger partial charge in [0.05, 0.1) is 12.1 Å². The van der Waals surface area contributed by atoms with Gasteiger partial charge in [-0.05, 0) is 55.5 Å². The molecule has 1 heterocycles. The minimum Gasteiger partial charge on any atom is -0.354 e. The van der Waals surface area contributed by atoms with Crippen LogP contribution in [0.2, 0.25) is 0 Å². The maximum atomic E-state index is 13.2. The maximum absolute atomic E-state index is 13.2. The van der Waals surface area contributed by atoms with Gasteiger partial charge >= 0.3 is 0 Å². The van der Waals surface area contributed by atoms with Crippen molar-refractivity contribution in [3.05, 3.63) is 82.4 Å². The molecule has 2 amide bonds. The van der Waals surface area contributed by atoms with Crippen LogP contribution >= 0.6 is 0 Å². The van der Waals surface area contributed by atoms with Crippen molar-refractivity contribution < 1.29 is 14.0 Å². The summed E-state index contributed by atoms with van der Waals surface area (Å²) < 4.78 is 15.1. The number of aryl methyl sites for hydroxylation is 1. The zero-order chi connectivity index (χ0) is 21.8. The molecule has 0 bridgehead atoms. The van der Waals surface area contributed by atoms with E-state index in [4.69, 9.17) is 0 Å². The second-order valence-corrected chi connectivity index (χ2v) is 7.74. The number of amides is 2. The number of benzene rings is 2. The number of hydrogen-bond acceptors (Lipinski definition) is 3. The van der Waals surface area contributed by atoms with Gasteiger partial charge in [-0.25, -0.2) is 9.07 Å². The van der Waals surface area contributed by atoms with Crippen LogP contribution in [0.5, 0.6) is 0 Å². The van der Waals surface area contributed by atoms with Gasteiger partial charge in [-0.2, -0.15) is 5.10 Å². The largest absolute Gasteiger partial charge is 0.354 e. The normalized spacial score (nSPS) is 12.5. The fourth-order valence-corrected chi connectivity index (χ4v) is 3.98.